The highest BCUT2D eigenvalue weighted by atomic mass is 16.2. The SMILES string of the molecule is CCCCCCNC(=O)CC[C@@H](NC(=O)[C@@H](Cc1ccccc1)NC(=O)c1ccccc1)C(=O)NCCCCCC. The molecule has 0 fully saturated rings. The van der Waals surface area contributed by atoms with E-state index in [-0.39, 0.29) is 37.0 Å². The minimum absolute atomic E-state index is 0.113. The first kappa shape index (κ1) is 33.5. The molecular formula is C33H48N4O4. The third kappa shape index (κ3) is 14.0. The van der Waals surface area contributed by atoms with Crippen molar-refractivity contribution in [3.05, 3.63) is 71.8 Å². The summed E-state index contributed by atoms with van der Waals surface area (Å²) in [6.07, 6.45) is 8.82. The van der Waals surface area contributed by atoms with Crippen molar-refractivity contribution in [2.45, 2.75) is 96.6 Å². The average molecular weight is 565 g/mol. The van der Waals surface area contributed by atoms with E-state index in [0.29, 0.717) is 18.7 Å². The zero-order valence-corrected chi connectivity index (χ0v) is 24.8. The molecule has 0 heterocycles. The second-order valence-electron chi connectivity index (χ2n) is 10.4. The minimum Gasteiger partial charge on any atom is -0.356 e. The van der Waals surface area contributed by atoms with Gasteiger partial charge in [0.2, 0.25) is 17.7 Å². The van der Waals surface area contributed by atoms with Crippen molar-refractivity contribution in [1.29, 1.82) is 0 Å². The molecule has 2 aromatic rings. The molecule has 0 aliphatic rings. The highest BCUT2D eigenvalue weighted by Crippen LogP contribution is 2.08. The number of rotatable bonds is 20. The smallest absolute Gasteiger partial charge is 0.251 e. The van der Waals surface area contributed by atoms with Crippen LogP contribution in [0.15, 0.2) is 60.7 Å². The molecule has 8 heteroatoms. The maximum atomic E-state index is 13.6. The van der Waals surface area contributed by atoms with Crippen LogP contribution in [0, 0.1) is 0 Å². The Morgan fingerprint density at radius 2 is 1.22 bits per heavy atom. The summed E-state index contributed by atoms with van der Waals surface area (Å²) in [5.41, 5.74) is 1.32. The molecule has 0 saturated heterocycles. The number of carbonyl (C=O) groups is 4. The summed E-state index contributed by atoms with van der Waals surface area (Å²) in [5, 5.41) is 11.5. The summed E-state index contributed by atoms with van der Waals surface area (Å²) in [6.45, 7) is 5.37. The molecule has 224 valence electrons. The predicted molar refractivity (Wildman–Crippen MR) is 163 cm³/mol. The molecule has 2 aromatic carbocycles. The molecule has 0 aromatic heterocycles. The van der Waals surface area contributed by atoms with Gasteiger partial charge in [-0.15, -0.1) is 0 Å². The van der Waals surface area contributed by atoms with Crippen LogP contribution in [-0.2, 0) is 20.8 Å². The van der Waals surface area contributed by atoms with Gasteiger partial charge in [0.15, 0.2) is 0 Å². The van der Waals surface area contributed by atoms with Crippen molar-refractivity contribution in [3.8, 4) is 0 Å². The van der Waals surface area contributed by atoms with Crippen molar-refractivity contribution in [2.24, 2.45) is 0 Å². The van der Waals surface area contributed by atoms with Crippen LogP contribution in [-0.4, -0.2) is 48.8 Å². The van der Waals surface area contributed by atoms with Gasteiger partial charge in [0, 0.05) is 31.5 Å². The van der Waals surface area contributed by atoms with Crippen molar-refractivity contribution >= 4 is 23.6 Å². The van der Waals surface area contributed by atoms with E-state index in [2.05, 4.69) is 35.1 Å². The lowest BCUT2D eigenvalue weighted by Crippen LogP contribution is -2.54. The Kier molecular flexibility index (Phi) is 16.5. The molecule has 2 atom stereocenters. The molecule has 0 unspecified atom stereocenters. The number of amides is 4. The summed E-state index contributed by atoms with van der Waals surface area (Å²) in [4.78, 5) is 52.1. The zero-order chi connectivity index (χ0) is 29.7. The maximum absolute atomic E-state index is 13.6. The summed E-state index contributed by atoms with van der Waals surface area (Å²) in [6, 6.07) is 16.3. The second-order valence-corrected chi connectivity index (χ2v) is 10.4. The Balaban J connectivity index is 2.09. The van der Waals surface area contributed by atoms with Gasteiger partial charge in [-0.3, -0.25) is 19.2 Å². The molecule has 2 rings (SSSR count). The van der Waals surface area contributed by atoms with Gasteiger partial charge in [0.1, 0.15) is 12.1 Å². The molecule has 0 aliphatic heterocycles. The van der Waals surface area contributed by atoms with E-state index in [9.17, 15) is 19.2 Å². The van der Waals surface area contributed by atoms with E-state index in [0.717, 1.165) is 56.9 Å². The Bertz CT molecular complexity index is 1050. The molecule has 4 amide bonds. The standard InChI is InChI=1S/C33H48N4O4/c1-3-5-7-15-23-34-30(38)22-21-28(32(40)35-24-16-8-6-4-2)36-33(41)29(25-26-17-11-9-12-18-26)37-31(39)27-19-13-10-14-20-27/h9-14,17-20,28-29H,3-8,15-16,21-25H2,1-2H3,(H,34,38)(H,35,40)(H,36,41)(H,37,39)/t28-,29-/m1/s1. The van der Waals surface area contributed by atoms with E-state index in [4.69, 9.17) is 0 Å². The van der Waals surface area contributed by atoms with Gasteiger partial charge in [0.05, 0.1) is 0 Å². The number of hydrogen-bond donors (Lipinski definition) is 4. The largest absolute Gasteiger partial charge is 0.356 e. The van der Waals surface area contributed by atoms with Crippen LogP contribution in [0.25, 0.3) is 0 Å². The van der Waals surface area contributed by atoms with Crippen LogP contribution in [0.5, 0.6) is 0 Å². The summed E-state index contributed by atoms with van der Waals surface area (Å²) < 4.78 is 0. The zero-order valence-electron chi connectivity index (χ0n) is 24.8. The lowest BCUT2D eigenvalue weighted by atomic mass is 10.0. The molecule has 0 saturated carbocycles. The van der Waals surface area contributed by atoms with Crippen LogP contribution < -0.4 is 21.3 Å². The van der Waals surface area contributed by atoms with Crippen LogP contribution in [0.2, 0.25) is 0 Å². The molecule has 41 heavy (non-hydrogen) atoms. The van der Waals surface area contributed by atoms with Gasteiger partial charge >= 0.3 is 0 Å². The number of carbonyl (C=O) groups excluding carboxylic acids is 4. The van der Waals surface area contributed by atoms with Crippen LogP contribution in [0.4, 0.5) is 0 Å². The molecular weight excluding hydrogens is 516 g/mol. The number of unbranched alkanes of at least 4 members (excludes halogenated alkanes) is 6. The molecule has 4 N–H and O–H groups in total. The lowest BCUT2D eigenvalue weighted by molar-refractivity contribution is -0.130. The van der Waals surface area contributed by atoms with Crippen LogP contribution >= 0.6 is 0 Å². The highest BCUT2D eigenvalue weighted by Gasteiger charge is 2.27. The first-order chi connectivity index (χ1) is 19.9. The normalized spacial score (nSPS) is 12.1. The van der Waals surface area contributed by atoms with Gasteiger partial charge in [-0.05, 0) is 37.0 Å². The number of nitrogens with one attached hydrogen (secondary N) is 4. The summed E-state index contributed by atoms with van der Waals surface area (Å²) in [5.74, 6) is -1.31. The molecule has 0 bridgehead atoms. The van der Waals surface area contributed by atoms with E-state index in [1.54, 1.807) is 24.3 Å². The average Bonchev–Trinajstić information content (AvgIpc) is 2.99. The first-order valence-corrected chi connectivity index (χ1v) is 15.2. The molecule has 0 radical (unpaired) electrons. The molecule has 8 nitrogen and oxygen atoms in total. The van der Waals surface area contributed by atoms with E-state index < -0.39 is 18.0 Å². The fraction of sp³-hybridized carbons (Fsp3) is 0.515. The van der Waals surface area contributed by atoms with Gasteiger partial charge < -0.3 is 21.3 Å². The fourth-order valence-corrected chi connectivity index (χ4v) is 4.46. The highest BCUT2D eigenvalue weighted by molar-refractivity contribution is 5.98. The fourth-order valence-electron chi connectivity index (χ4n) is 4.46. The topological polar surface area (TPSA) is 116 Å². The second kappa shape index (κ2) is 20.2. The Hall–Kier alpha value is -3.68. The third-order valence-electron chi connectivity index (χ3n) is 6.92. The molecule has 0 aliphatic carbocycles. The van der Waals surface area contributed by atoms with E-state index in [1.165, 1.54) is 0 Å². The van der Waals surface area contributed by atoms with Gasteiger partial charge in [-0.25, -0.2) is 0 Å². The van der Waals surface area contributed by atoms with Gasteiger partial charge in [-0.1, -0.05) is 101 Å². The van der Waals surface area contributed by atoms with Gasteiger partial charge in [-0.2, -0.15) is 0 Å². The summed E-state index contributed by atoms with van der Waals surface area (Å²) in [7, 11) is 0. The predicted octanol–water partition coefficient (Wildman–Crippen LogP) is 4.69. The van der Waals surface area contributed by atoms with Crippen LogP contribution in [0.3, 0.4) is 0 Å². The Labute approximate surface area is 245 Å². The first-order valence-electron chi connectivity index (χ1n) is 15.2. The lowest BCUT2D eigenvalue weighted by Gasteiger charge is -2.23. The van der Waals surface area contributed by atoms with Crippen molar-refractivity contribution in [1.82, 2.24) is 21.3 Å². The number of benzene rings is 2. The van der Waals surface area contributed by atoms with Crippen molar-refractivity contribution in [2.75, 3.05) is 13.1 Å². The monoisotopic (exact) mass is 564 g/mol. The number of hydrogen-bond acceptors (Lipinski definition) is 4. The summed E-state index contributed by atoms with van der Waals surface area (Å²) >= 11 is 0. The maximum Gasteiger partial charge on any atom is 0.251 e. The van der Waals surface area contributed by atoms with E-state index in [1.807, 2.05) is 36.4 Å². The molecule has 0 spiro atoms. The third-order valence-corrected chi connectivity index (χ3v) is 6.92. The van der Waals surface area contributed by atoms with Crippen molar-refractivity contribution < 1.29 is 19.2 Å². The quantitative estimate of drug-likeness (QED) is 0.175. The van der Waals surface area contributed by atoms with Crippen molar-refractivity contribution in [3.63, 3.8) is 0 Å². The van der Waals surface area contributed by atoms with Gasteiger partial charge in [0.25, 0.3) is 5.91 Å². The van der Waals surface area contributed by atoms with Crippen LogP contribution in [0.1, 0.15) is 94.0 Å². The minimum atomic E-state index is -0.905. The van der Waals surface area contributed by atoms with E-state index >= 15 is 0 Å². The Morgan fingerprint density at radius 1 is 0.634 bits per heavy atom. The Morgan fingerprint density at radius 3 is 1.83 bits per heavy atom.